The normalized spacial score (nSPS) is 17.1. The second-order valence-electron chi connectivity index (χ2n) is 10.6. The molecule has 0 saturated carbocycles. The summed E-state index contributed by atoms with van der Waals surface area (Å²) in [5, 5.41) is 10.6. The van der Waals surface area contributed by atoms with Gasteiger partial charge >= 0.3 is 5.97 Å². The third-order valence-corrected chi connectivity index (χ3v) is 7.06. The Bertz CT molecular complexity index is 1360. The van der Waals surface area contributed by atoms with E-state index in [0.717, 1.165) is 16.7 Å². The fourth-order valence-corrected chi connectivity index (χ4v) is 5.06. The molecule has 0 bridgehead atoms. The van der Waals surface area contributed by atoms with Gasteiger partial charge in [-0.05, 0) is 51.9 Å². The topological polar surface area (TPSA) is 110 Å². The molecule has 1 atom stereocenters. The number of hydrogen-bond acceptors (Lipinski definition) is 4. The molecule has 0 saturated heterocycles. The SMILES string of the molecule is COc1cc(C(=O)N2Cc3cc(C(N)=O)ccc3CC2(Cc2ccccc2)C(=O)O)ccc1C(C)(C)C. The van der Waals surface area contributed by atoms with E-state index in [0.29, 0.717) is 22.4 Å². The number of nitrogens with two attached hydrogens (primary N) is 1. The van der Waals surface area contributed by atoms with Crippen molar-refractivity contribution in [3.05, 3.63) is 100 Å². The molecule has 3 N–H and O–H groups in total. The number of fused-ring (bicyclic) bond motifs is 1. The summed E-state index contributed by atoms with van der Waals surface area (Å²) in [4.78, 5) is 40.3. The van der Waals surface area contributed by atoms with Crippen molar-refractivity contribution < 1.29 is 24.2 Å². The highest BCUT2D eigenvalue weighted by Gasteiger charge is 2.50. The predicted molar refractivity (Wildman–Crippen MR) is 141 cm³/mol. The fourth-order valence-electron chi connectivity index (χ4n) is 5.06. The van der Waals surface area contributed by atoms with Crippen molar-refractivity contribution >= 4 is 17.8 Å². The van der Waals surface area contributed by atoms with Gasteiger partial charge in [0.05, 0.1) is 7.11 Å². The maximum Gasteiger partial charge on any atom is 0.330 e. The van der Waals surface area contributed by atoms with Gasteiger partial charge in [-0.3, -0.25) is 9.59 Å². The van der Waals surface area contributed by atoms with Crippen LogP contribution in [0.3, 0.4) is 0 Å². The van der Waals surface area contributed by atoms with E-state index in [-0.39, 0.29) is 24.8 Å². The quantitative estimate of drug-likeness (QED) is 0.523. The smallest absolute Gasteiger partial charge is 0.330 e. The molecule has 4 rings (SSSR count). The number of amides is 2. The maximum absolute atomic E-state index is 14.1. The lowest BCUT2D eigenvalue weighted by molar-refractivity contribution is -0.151. The van der Waals surface area contributed by atoms with Crippen molar-refractivity contribution in [2.24, 2.45) is 5.73 Å². The van der Waals surface area contributed by atoms with Crippen molar-refractivity contribution in [1.82, 2.24) is 4.90 Å². The predicted octanol–water partition coefficient (Wildman–Crippen LogP) is 4.36. The summed E-state index contributed by atoms with van der Waals surface area (Å²) in [6.45, 7) is 6.19. The Kier molecular flexibility index (Phi) is 6.82. The third-order valence-electron chi connectivity index (χ3n) is 7.06. The summed E-state index contributed by atoms with van der Waals surface area (Å²) < 4.78 is 5.60. The van der Waals surface area contributed by atoms with Crippen molar-refractivity contribution in [2.75, 3.05) is 7.11 Å². The lowest BCUT2D eigenvalue weighted by Crippen LogP contribution is -2.61. The van der Waals surface area contributed by atoms with Gasteiger partial charge < -0.3 is 20.5 Å². The van der Waals surface area contributed by atoms with E-state index in [1.807, 2.05) is 36.4 Å². The van der Waals surface area contributed by atoms with Crippen LogP contribution < -0.4 is 10.5 Å². The van der Waals surface area contributed by atoms with Gasteiger partial charge in [-0.2, -0.15) is 0 Å². The second-order valence-corrected chi connectivity index (χ2v) is 10.6. The Hall–Kier alpha value is -4.13. The van der Waals surface area contributed by atoms with Crippen LogP contribution in [0.15, 0.2) is 66.7 Å². The van der Waals surface area contributed by atoms with E-state index >= 15 is 0 Å². The van der Waals surface area contributed by atoms with Crippen molar-refractivity contribution in [1.29, 1.82) is 0 Å². The molecule has 0 fully saturated rings. The first-order valence-electron chi connectivity index (χ1n) is 12.2. The summed E-state index contributed by atoms with van der Waals surface area (Å²) in [5.74, 6) is -1.53. The monoisotopic (exact) mass is 500 g/mol. The number of benzene rings is 3. The Morgan fingerprint density at radius 3 is 2.24 bits per heavy atom. The molecule has 1 aliphatic heterocycles. The van der Waals surface area contributed by atoms with E-state index in [1.54, 1.807) is 37.4 Å². The number of primary amides is 1. The van der Waals surface area contributed by atoms with Crippen LogP contribution >= 0.6 is 0 Å². The zero-order valence-corrected chi connectivity index (χ0v) is 21.6. The number of carboxylic acid groups (broad SMARTS) is 1. The average molecular weight is 501 g/mol. The molecule has 1 heterocycles. The van der Waals surface area contributed by atoms with E-state index in [1.165, 1.54) is 4.90 Å². The highest BCUT2D eigenvalue weighted by molar-refractivity contribution is 5.99. The van der Waals surface area contributed by atoms with Gasteiger partial charge in [0.1, 0.15) is 11.3 Å². The first-order chi connectivity index (χ1) is 17.5. The number of nitrogens with zero attached hydrogens (tertiary/aromatic N) is 1. The van der Waals surface area contributed by atoms with E-state index in [9.17, 15) is 19.5 Å². The number of rotatable bonds is 6. The number of carboxylic acids is 1. The number of aliphatic carboxylic acids is 1. The average Bonchev–Trinajstić information content (AvgIpc) is 2.87. The first-order valence-corrected chi connectivity index (χ1v) is 12.2. The summed E-state index contributed by atoms with van der Waals surface area (Å²) in [6, 6.07) is 19.5. The summed E-state index contributed by atoms with van der Waals surface area (Å²) in [6.07, 6.45) is 0.220. The lowest BCUT2D eigenvalue weighted by Gasteiger charge is -2.45. The minimum atomic E-state index is -1.53. The largest absolute Gasteiger partial charge is 0.496 e. The van der Waals surface area contributed by atoms with Crippen LogP contribution in [0.4, 0.5) is 0 Å². The molecule has 7 nitrogen and oxygen atoms in total. The molecular formula is C30H32N2O5. The maximum atomic E-state index is 14.1. The molecule has 7 heteroatoms. The number of methoxy groups -OCH3 is 1. The number of hydrogen-bond donors (Lipinski definition) is 2. The molecule has 1 unspecified atom stereocenters. The standard InChI is InChI=1S/C30H32N2O5/c1-29(2,3)24-13-12-21(15-25(24)37-4)27(34)32-18-23-14-20(26(31)33)10-11-22(23)17-30(32,28(35)36)16-19-8-6-5-7-9-19/h5-15H,16-18H2,1-4H3,(H2,31,33)(H,35,36). The third kappa shape index (κ3) is 4.94. The number of carbonyl (C=O) groups is 3. The highest BCUT2D eigenvalue weighted by atomic mass is 16.5. The number of ether oxygens (including phenoxy) is 1. The van der Waals surface area contributed by atoms with Crippen LogP contribution in [-0.2, 0) is 29.6 Å². The lowest BCUT2D eigenvalue weighted by atomic mass is 9.77. The van der Waals surface area contributed by atoms with Gasteiger partial charge in [0, 0.05) is 30.5 Å². The molecule has 0 aromatic heterocycles. The van der Waals surface area contributed by atoms with Crippen LogP contribution in [0.2, 0.25) is 0 Å². The minimum Gasteiger partial charge on any atom is -0.496 e. The van der Waals surface area contributed by atoms with Gasteiger partial charge in [0.25, 0.3) is 5.91 Å². The summed E-state index contributed by atoms with van der Waals surface area (Å²) in [7, 11) is 1.55. The molecule has 0 aliphatic carbocycles. The molecule has 0 spiro atoms. The van der Waals surface area contributed by atoms with Crippen LogP contribution in [0, 0.1) is 0 Å². The molecular weight excluding hydrogens is 468 g/mol. The molecule has 3 aromatic rings. The molecule has 0 radical (unpaired) electrons. The second kappa shape index (κ2) is 9.73. The van der Waals surface area contributed by atoms with Crippen LogP contribution in [0.5, 0.6) is 5.75 Å². The van der Waals surface area contributed by atoms with Gasteiger partial charge in [0.15, 0.2) is 0 Å². The van der Waals surface area contributed by atoms with Gasteiger partial charge in [-0.15, -0.1) is 0 Å². The Balaban J connectivity index is 1.86. The van der Waals surface area contributed by atoms with E-state index < -0.39 is 23.3 Å². The number of carbonyl (C=O) groups excluding carboxylic acids is 2. The van der Waals surface area contributed by atoms with Crippen molar-refractivity contribution in [2.45, 2.75) is 51.1 Å². The van der Waals surface area contributed by atoms with Crippen molar-refractivity contribution in [3.8, 4) is 5.75 Å². The molecule has 1 aliphatic rings. The van der Waals surface area contributed by atoms with E-state index in [4.69, 9.17) is 10.5 Å². The van der Waals surface area contributed by atoms with E-state index in [2.05, 4.69) is 20.8 Å². The van der Waals surface area contributed by atoms with Gasteiger partial charge in [-0.1, -0.05) is 63.2 Å². The van der Waals surface area contributed by atoms with Crippen LogP contribution in [0.25, 0.3) is 0 Å². The molecule has 37 heavy (non-hydrogen) atoms. The highest BCUT2D eigenvalue weighted by Crippen LogP contribution is 2.38. The minimum absolute atomic E-state index is 0.0256. The first kappa shape index (κ1) is 25.9. The zero-order chi connectivity index (χ0) is 27.0. The fraction of sp³-hybridized carbons (Fsp3) is 0.300. The zero-order valence-electron chi connectivity index (χ0n) is 21.6. The van der Waals surface area contributed by atoms with Gasteiger partial charge in [-0.25, -0.2) is 4.79 Å². The Labute approximate surface area is 216 Å². The molecule has 2 amide bonds. The van der Waals surface area contributed by atoms with Crippen molar-refractivity contribution in [3.63, 3.8) is 0 Å². The molecule has 192 valence electrons. The van der Waals surface area contributed by atoms with Crippen LogP contribution in [-0.4, -0.2) is 40.4 Å². The van der Waals surface area contributed by atoms with Crippen LogP contribution in [0.1, 0.15) is 63.7 Å². The molecule has 3 aromatic carbocycles. The summed E-state index contributed by atoms with van der Waals surface area (Å²) >= 11 is 0. The summed E-state index contributed by atoms with van der Waals surface area (Å²) in [5.41, 5.74) is 7.61. The Morgan fingerprint density at radius 2 is 1.65 bits per heavy atom. The van der Waals surface area contributed by atoms with Gasteiger partial charge in [0.2, 0.25) is 5.91 Å². The Morgan fingerprint density at radius 1 is 0.973 bits per heavy atom.